The van der Waals surface area contributed by atoms with E-state index in [9.17, 15) is 0 Å². The normalized spacial score (nSPS) is 17.6. The van der Waals surface area contributed by atoms with E-state index in [1.807, 2.05) is 0 Å². The maximum atomic E-state index is 4.57. The van der Waals surface area contributed by atoms with E-state index in [4.69, 9.17) is 0 Å². The van der Waals surface area contributed by atoms with Gasteiger partial charge in [0.1, 0.15) is 0 Å². The molecule has 1 heterocycles. The topological polar surface area (TPSA) is 29.9 Å². The maximum Gasteiger partial charge on any atom is 0.0641 e. The summed E-state index contributed by atoms with van der Waals surface area (Å²) in [7, 11) is 0. The fourth-order valence-electron chi connectivity index (χ4n) is 2.85. The van der Waals surface area contributed by atoms with Gasteiger partial charge in [-0.15, -0.1) is 0 Å². The number of hydrogen-bond donors (Lipinski definition) is 1. The van der Waals surface area contributed by atoms with E-state index < -0.39 is 0 Å². The quantitative estimate of drug-likeness (QED) is 0.869. The molecule has 3 nitrogen and oxygen atoms in total. The van der Waals surface area contributed by atoms with Crippen molar-refractivity contribution in [1.82, 2.24) is 15.1 Å². The number of aryl methyl sites for hydroxylation is 2. The molecule has 1 aliphatic carbocycles. The van der Waals surface area contributed by atoms with Crippen LogP contribution in [0.3, 0.4) is 0 Å². The molecule has 0 aromatic carbocycles. The summed E-state index contributed by atoms with van der Waals surface area (Å²) in [5, 5.41) is 8.27. The molecule has 1 N–H and O–H groups in total. The molecule has 1 aliphatic rings. The Balaban J connectivity index is 1.95. The van der Waals surface area contributed by atoms with Crippen molar-refractivity contribution in [1.29, 1.82) is 0 Å². The van der Waals surface area contributed by atoms with Crippen LogP contribution in [0.5, 0.6) is 0 Å². The molecule has 2 rings (SSSR count). The van der Waals surface area contributed by atoms with Crippen LogP contribution in [0.1, 0.15) is 56.0 Å². The maximum absolute atomic E-state index is 4.57. The first kappa shape index (κ1) is 12.6. The highest BCUT2D eigenvalue weighted by Gasteiger charge is 2.15. The number of nitrogens with one attached hydrogen (secondary N) is 1. The predicted molar refractivity (Wildman–Crippen MR) is 71.1 cm³/mol. The molecule has 0 saturated heterocycles. The first-order chi connectivity index (χ1) is 8.22. The van der Waals surface area contributed by atoms with Crippen LogP contribution in [-0.4, -0.2) is 15.8 Å². The summed E-state index contributed by atoms with van der Waals surface area (Å²) in [5.74, 6) is 0. The highest BCUT2D eigenvalue weighted by molar-refractivity contribution is 5.24. The summed E-state index contributed by atoms with van der Waals surface area (Å²) in [5.41, 5.74) is 3.92. The van der Waals surface area contributed by atoms with E-state index in [1.165, 1.54) is 49.1 Å². The highest BCUT2D eigenvalue weighted by atomic mass is 15.3. The van der Waals surface area contributed by atoms with Crippen LogP contribution in [-0.2, 0) is 13.1 Å². The first-order valence-corrected chi connectivity index (χ1v) is 6.98. The van der Waals surface area contributed by atoms with E-state index in [1.54, 1.807) is 0 Å². The third-order valence-corrected chi connectivity index (χ3v) is 4.00. The molecule has 96 valence electrons. The van der Waals surface area contributed by atoms with Crippen LogP contribution >= 0.6 is 0 Å². The van der Waals surface area contributed by atoms with Crippen molar-refractivity contribution in [3.63, 3.8) is 0 Å². The van der Waals surface area contributed by atoms with Gasteiger partial charge in [0.2, 0.25) is 0 Å². The van der Waals surface area contributed by atoms with E-state index >= 15 is 0 Å². The molecule has 17 heavy (non-hydrogen) atoms. The van der Waals surface area contributed by atoms with Gasteiger partial charge in [0.05, 0.1) is 5.69 Å². The van der Waals surface area contributed by atoms with Gasteiger partial charge in [-0.1, -0.05) is 19.3 Å². The Morgan fingerprint density at radius 1 is 1.24 bits per heavy atom. The standard InChI is InChI=1S/C14H25N3/c1-4-17-12(3)14(11(2)16-17)10-15-13-8-6-5-7-9-13/h13,15H,4-10H2,1-3H3. The van der Waals surface area contributed by atoms with Gasteiger partial charge in [0.25, 0.3) is 0 Å². The molecule has 1 aromatic heterocycles. The van der Waals surface area contributed by atoms with E-state index in [-0.39, 0.29) is 0 Å². The number of aromatic nitrogens is 2. The average Bonchev–Trinajstić information content (AvgIpc) is 2.63. The van der Waals surface area contributed by atoms with Gasteiger partial charge in [-0.2, -0.15) is 5.10 Å². The van der Waals surface area contributed by atoms with Gasteiger partial charge in [-0.25, -0.2) is 0 Å². The zero-order valence-corrected chi connectivity index (χ0v) is 11.4. The summed E-state index contributed by atoms with van der Waals surface area (Å²) in [6.07, 6.45) is 6.90. The smallest absolute Gasteiger partial charge is 0.0641 e. The molecule has 0 aliphatic heterocycles. The van der Waals surface area contributed by atoms with Crippen LogP contribution in [0, 0.1) is 13.8 Å². The van der Waals surface area contributed by atoms with E-state index in [2.05, 4.69) is 35.9 Å². The van der Waals surface area contributed by atoms with Crippen LogP contribution < -0.4 is 5.32 Å². The second kappa shape index (κ2) is 5.67. The minimum absolute atomic E-state index is 0.729. The average molecular weight is 235 g/mol. The highest BCUT2D eigenvalue weighted by Crippen LogP contribution is 2.19. The first-order valence-electron chi connectivity index (χ1n) is 6.98. The van der Waals surface area contributed by atoms with Crippen molar-refractivity contribution >= 4 is 0 Å². The van der Waals surface area contributed by atoms with Crippen LogP contribution in [0.2, 0.25) is 0 Å². The second-order valence-corrected chi connectivity index (χ2v) is 5.18. The lowest BCUT2D eigenvalue weighted by molar-refractivity contribution is 0.372. The van der Waals surface area contributed by atoms with Gasteiger partial charge in [0, 0.05) is 30.4 Å². The monoisotopic (exact) mass is 235 g/mol. The Kier molecular flexibility index (Phi) is 4.21. The minimum Gasteiger partial charge on any atom is -0.310 e. The Morgan fingerprint density at radius 2 is 1.94 bits per heavy atom. The van der Waals surface area contributed by atoms with Gasteiger partial charge in [0.15, 0.2) is 0 Å². The molecular weight excluding hydrogens is 210 g/mol. The summed E-state index contributed by atoms with van der Waals surface area (Å²) in [4.78, 5) is 0. The molecule has 0 bridgehead atoms. The van der Waals surface area contributed by atoms with Crippen molar-refractivity contribution in [3.8, 4) is 0 Å². The summed E-state index contributed by atoms with van der Waals surface area (Å²) in [6.45, 7) is 8.41. The SMILES string of the molecule is CCn1nc(C)c(CNC2CCCCC2)c1C. The number of nitrogens with zero attached hydrogens (tertiary/aromatic N) is 2. The van der Waals surface area contributed by atoms with Crippen LogP contribution in [0.25, 0.3) is 0 Å². The van der Waals surface area contributed by atoms with Gasteiger partial charge < -0.3 is 5.32 Å². The van der Waals surface area contributed by atoms with Gasteiger partial charge in [-0.3, -0.25) is 4.68 Å². The lowest BCUT2D eigenvalue weighted by Gasteiger charge is -2.22. The molecular formula is C14H25N3. The molecule has 1 saturated carbocycles. The lowest BCUT2D eigenvalue weighted by atomic mass is 9.95. The van der Waals surface area contributed by atoms with Crippen molar-refractivity contribution in [2.75, 3.05) is 0 Å². The molecule has 0 atom stereocenters. The molecule has 0 radical (unpaired) electrons. The molecule has 0 unspecified atom stereocenters. The Morgan fingerprint density at radius 3 is 2.53 bits per heavy atom. The fourth-order valence-corrected chi connectivity index (χ4v) is 2.85. The van der Waals surface area contributed by atoms with E-state index in [0.717, 1.165) is 19.1 Å². The Hall–Kier alpha value is -0.830. The predicted octanol–water partition coefficient (Wildman–Crippen LogP) is 2.94. The molecule has 1 fully saturated rings. The Bertz CT molecular complexity index is 362. The largest absolute Gasteiger partial charge is 0.310 e. The summed E-state index contributed by atoms with van der Waals surface area (Å²) < 4.78 is 2.10. The minimum atomic E-state index is 0.729. The number of rotatable bonds is 4. The van der Waals surface area contributed by atoms with Gasteiger partial charge >= 0.3 is 0 Å². The fraction of sp³-hybridized carbons (Fsp3) is 0.786. The zero-order valence-electron chi connectivity index (χ0n) is 11.4. The summed E-state index contributed by atoms with van der Waals surface area (Å²) in [6, 6.07) is 0.729. The molecule has 0 amide bonds. The zero-order chi connectivity index (χ0) is 12.3. The second-order valence-electron chi connectivity index (χ2n) is 5.18. The van der Waals surface area contributed by atoms with Crippen molar-refractivity contribution in [3.05, 3.63) is 17.0 Å². The summed E-state index contributed by atoms with van der Waals surface area (Å²) >= 11 is 0. The van der Waals surface area contributed by atoms with Crippen LogP contribution in [0.15, 0.2) is 0 Å². The number of hydrogen-bond acceptors (Lipinski definition) is 2. The third-order valence-electron chi connectivity index (χ3n) is 4.00. The molecule has 3 heteroatoms. The molecule has 0 spiro atoms. The van der Waals surface area contributed by atoms with Crippen molar-refractivity contribution < 1.29 is 0 Å². The Labute approximate surface area is 105 Å². The van der Waals surface area contributed by atoms with E-state index in [0.29, 0.717) is 0 Å². The van der Waals surface area contributed by atoms with Crippen LogP contribution in [0.4, 0.5) is 0 Å². The third kappa shape index (κ3) is 2.89. The van der Waals surface area contributed by atoms with Crippen molar-refractivity contribution in [2.24, 2.45) is 0 Å². The molecule has 1 aromatic rings. The van der Waals surface area contributed by atoms with Crippen molar-refractivity contribution in [2.45, 2.75) is 72.0 Å². The lowest BCUT2D eigenvalue weighted by Crippen LogP contribution is -2.30. The van der Waals surface area contributed by atoms with Gasteiger partial charge in [-0.05, 0) is 33.6 Å².